The average Bonchev–Trinajstić information content (AvgIpc) is 3.21. The van der Waals surface area contributed by atoms with E-state index >= 15 is 0 Å². The number of aromatic nitrogens is 2. The molecule has 0 aliphatic carbocycles. The van der Waals surface area contributed by atoms with Crippen molar-refractivity contribution in [3.8, 4) is 17.0 Å². The second-order valence-electron chi connectivity index (χ2n) is 7.52. The summed E-state index contributed by atoms with van der Waals surface area (Å²) in [5.74, 6) is 0.454. The molecule has 1 aromatic heterocycles. The Morgan fingerprint density at radius 3 is 2.79 bits per heavy atom. The van der Waals surface area contributed by atoms with Gasteiger partial charge in [-0.2, -0.15) is 8.42 Å². The summed E-state index contributed by atoms with van der Waals surface area (Å²) >= 11 is 0. The van der Waals surface area contributed by atoms with Crippen LogP contribution in [0.2, 0.25) is 0 Å². The highest BCUT2D eigenvalue weighted by molar-refractivity contribution is 7.81. The molecule has 1 aliphatic heterocycles. The van der Waals surface area contributed by atoms with Crippen LogP contribution in [0.15, 0.2) is 30.5 Å². The standard InChI is InChI=1S/C18H22FN3O5S/c1-18(2,3)26-17(23)22-9-5-8-15(22)16-20-11-14(21-16)12-6-4-7-13(10-12)27-28(19,24)25/h4,6-7,10-11,15H,5,8-9H2,1-3H3,(H,20,21)/t15-/m0/s1. The molecule has 10 heteroatoms. The van der Waals surface area contributed by atoms with Gasteiger partial charge in [0.25, 0.3) is 0 Å². The molecular formula is C18H22FN3O5S. The molecule has 1 amide bonds. The van der Waals surface area contributed by atoms with E-state index in [2.05, 4.69) is 14.2 Å². The lowest BCUT2D eigenvalue weighted by molar-refractivity contribution is 0.0218. The molecule has 0 unspecified atom stereocenters. The van der Waals surface area contributed by atoms with Gasteiger partial charge in [0.05, 0.1) is 17.9 Å². The minimum atomic E-state index is -5.10. The molecule has 28 heavy (non-hydrogen) atoms. The van der Waals surface area contributed by atoms with E-state index in [9.17, 15) is 17.1 Å². The SMILES string of the molecule is CC(C)(C)OC(=O)N1CCC[C@H]1c1ncc(-c2cccc(OS(=O)(=O)F)c2)[nH]1. The molecule has 1 saturated heterocycles. The van der Waals surface area contributed by atoms with Crippen molar-refractivity contribution in [2.45, 2.75) is 45.3 Å². The Morgan fingerprint density at radius 1 is 1.36 bits per heavy atom. The summed E-state index contributed by atoms with van der Waals surface area (Å²) in [6, 6.07) is 5.72. The Bertz CT molecular complexity index is 968. The molecule has 8 nitrogen and oxygen atoms in total. The van der Waals surface area contributed by atoms with Gasteiger partial charge in [-0.25, -0.2) is 9.78 Å². The Morgan fingerprint density at radius 2 is 2.11 bits per heavy atom. The van der Waals surface area contributed by atoms with Crippen LogP contribution in [-0.2, 0) is 15.2 Å². The van der Waals surface area contributed by atoms with E-state index in [0.717, 1.165) is 12.8 Å². The highest BCUT2D eigenvalue weighted by Crippen LogP contribution is 2.33. The van der Waals surface area contributed by atoms with Gasteiger partial charge in [0.2, 0.25) is 0 Å². The van der Waals surface area contributed by atoms with Crippen LogP contribution < -0.4 is 4.18 Å². The number of carbonyl (C=O) groups excluding carboxylic acids is 1. The minimum absolute atomic E-state index is 0.146. The minimum Gasteiger partial charge on any atom is -0.444 e. The normalized spacial score (nSPS) is 17.6. The number of nitrogens with one attached hydrogen (secondary N) is 1. The third-order valence-electron chi connectivity index (χ3n) is 4.13. The molecular weight excluding hydrogens is 389 g/mol. The monoisotopic (exact) mass is 411 g/mol. The number of H-pyrrole nitrogens is 1. The van der Waals surface area contributed by atoms with E-state index in [1.54, 1.807) is 23.2 Å². The summed E-state index contributed by atoms with van der Waals surface area (Å²) in [7, 11) is -5.10. The number of nitrogens with zero attached hydrogens (tertiary/aromatic N) is 2. The lowest BCUT2D eigenvalue weighted by Gasteiger charge is -2.27. The maximum Gasteiger partial charge on any atom is 0.488 e. The number of imidazole rings is 1. The fourth-order valence-electron chi connectivity index (χ4n) is 3.07. The van der Waals surface area contributed by atoms with E-state index in [4.69, 9.17) is 4.74 Å². The molecule has 2 aromatic rings. The lowest BCUT2D eigenvalue weighted by atomic mass is 10.1. The van der Waals surface area contributed by atoms with Crippen molar-refractivity contribution in [2.75, 3.05) is 6.54 Å². The molecule has 3 rings (SSSR count). The first-order valence-electron chi connectivity index (χ1n) is 8.81. The van der Waals surface area contributed by atoms with E-state index in [-0.39, 0.29) is 11.8 Å². The average molecular weight is 411 g/mol. The van der Waals surface area contributed by atoms with Crippen LogP contribution in [0, 0.1) is 0 Å². The molecule has 0 spiro atoms. The number of aromatic amines is 1. The highest BCUT2D eigenvalue weighted by atomic mass is 32.3. The van der Waals surface area contributed by atoms with Gasteiger partial charge >= 0.3 is 16.6 Å². The van der Waals surface area contributed by atoms with Gasteiger partial charge in [-0.1, -0.05) is 16.0 Å². The summed E-state index contributed by atoms with van der Waals surface area (Å²) in [6.07, 6.45) is 2.76. The number of likely N-dealkylation sites (tertiary alicyclic amines) is 1. The molecule has 1 aliphatic rings. The van der Waals surface area contributed by atoms with Crippen LogP contribution in [0.25, 0.3) is 11.3 Å². The van der Waals surface area contributed by atoms with Gasteiger partial charge in [-0.05, 0) is 45.7 Å². The van der Waals surface area contributed by atoms with Crippen molar-refractivity contribution in [1.82, 2.24) is 14.9 Å². The number of hydrogen-bond donors (Lipinski definition) is 1. The molecule has 1 aromatic carbocycles. The molecule has 0 radical (unpaired) electrons. The third kappa shape index (κ3) is 5.00. The zero-order valence-corrected chi connectivity index (χ0v) is 16.6. The maximum absolute atomic E-state index is 12.7. The molecule has 2 heterocycles. The number of ether oxygens (including phenoxy) is 1. The number of rotatable bonds is 4. The van der Waals surface area contributed by atoms with Crippen molar-refractivity contribution in [3.63, 3.8) is 0 Å². The van der Waals surface area contributed by atoms with Crippen LogP contribution in [0.4, 0.5) is 8.68 Å². The highest BCUT2D eigenvalue weighted by Gasteiger charge is 2.34. The van der Waals surface area contributed by atoms with Crippen molar-refractivity contribution in [1.29, 1.82) is 0 Å². The van der Waals surface area contributed by atoms with E-state index in [1.807, 2.05) is 20.8 Å². The molecule has 152 valence electrons. The zero-order valence-electron chi connectivity index (χ0n) is 15.8. The molecule has 0 bridgehead atoms. The second kappa shape index (κ2) is 7.42. The van der Waals surface area contributed by atoms with Crippen molar-refractivity contribution < 1.29 is 26.0 Å². The van der Waals surface area contributed by atoms with Gasteiger partial charge in [0.15, 0.2) is 0 Å². The maximum atomic E-state index is 12.7. The first-order chi connectivity index (χ1) is 13.0. The smallest absolute Gasteiger partial charge is 0.444 e. The van der Waals surface area contributed by atoms with E-state index < -0.39 is 22.2 Å². The predicted molar refractivity (Wildman–Crippen MR) is 99.6 cm³/mol. The first-order valence-corrected chi connectivity index (χ1v) is 10.1. The van der Waals surface area contributed by atoms with Gasteiger partial charge in [-0.3, -0.25) is 4.90 Å². The van der Waals surface area contributed by atoms with Crippen molar-refractivity contribution >= 4 is 16.6 Å². The molecule has 1 fully saturated rings. The molecule has 0 saturated carbocycles. The van der Waals surface area contributed by atoms with Crippen molar-refractivity contribution in [2.24, 2.45) is 0 Å². The molecule has 1 atom stereocenters. The van der Waals surface area contributed by atoms with Gasteiger partial charge in [-0.15, -0.1) is 0 Å². The first kappa shape index (κ1) is 20.1. The van der Waals surface area contributed by atoms with Crippen LogP contribution in [0.1, 0.15) is 45.5 Å². The van der Waals surface area contributed by atoms with Gasteiger partial charge in [0, 0.05) is 12.1 Å². The fraction of sp³-hybridized carbons (Fsp3) is 0.444. The number of hydrogen-bond acceptors (Lipinski definition) is 6. The van der Waals surface area contributed by atoms with Crippen molar-refractivity contribution in [3.05, 3.63) is 36.3 Å². The number of carbonyl (C=O) groups is 1. The summed E-state index contributed by atoms with van der Waals surface area (Å²) in [6.45, 7) is 6.02. The van der Waals surface area contributed by atoms with E-state index in [0.29, 0.717) is 23.6 Å². The Kier molecular flexibility index (Phi) is 5.33. The predicted octanol–water partition coefficient (Wildman–Crippen LogP) is 3.74. The van der Waals surface area contributed by atoms with Gasteiger partial charge < -0.3 is 13.9 Å². The fourth-order valence-corrected chi connectivity index (χ4v) is 3.41. The molecule has 1 N–H and O–H groups in total. The summed E-state index contributed by atoms with van der Waals surface area (Å²) in [4.78, 5) is 21.6. The van der Waals surface area contributed by atoms with Crippen LogP contribution in [0.5, 0.6) is 5.75 Å². The Balaban J connectivity index is 1.80. The number of amides is 1. The number of benzene rings is 1. The van der Waals surface area contributed by atoms with E-state index in [1.165, 1.54) is 12.1 Å². The summed E-state index contributed by atoms with van der Waals surface area (Å²) in [5.41, 5.74) is 0.574. The Hall–Kier alpha value is -2.62. The third-order valence-corrected chi connectivity index (χ3v) is 4.52. The number of halogens is 1. The summed E-state index contributed by atoms with van der Waals surface area (Å²) in [5, 5.41) is 0. The topological polar surface area (TPSA) is 102 Å². The second-order valence-corrected chi connectivity index (χ2v) is 8.47. The van der Waals surface area contributed by atoms with Crippen LogP contribution >= 0.6 is 0 Å². The zero-order chi connectivity index (χ0) is 20.5. The van der Waals surface area contributed by atoms with Gasteiger partial charge in [0.1, 0.15) is 17.2 Å². The summed E-state index contributed by atoms with van der Waals surface area (Å²) < 4.78 is 43.8. The largest absolute Gasteiger partial charge is 0.488 e. The Labute approximate surface area is 163 Å². The lowest BCUT2D eigenvalue weighted by Crippen LogP contribution is -2.36. The quantitative estimate of drug-likeness (QED) is 0.769. The van der Waals surface area contributed by atoms with Crippen LogP contribution in [0.3, 0.4) is 0 Å². The van der Waals surface area contributed by atoms with Crippen LogP contribution in [-0.4, -0.2) is 41.5 Å².